The van der Waals surface area contributed by atoms with E-state index in [1.54, 1.807) is 0 Å². The van der Waals surface area contributed by atoms with Gasteiger partial charge < -0.3 is 4.90 Å². The van der Waals surface area contributed by atoms with Gasteiger partial charge in [0.1, 0.15) is 0 Å². The predicted octanol–water partition coefficient (Wildman–Crippen LogP) is 2.57. The van der Waals surface area contributed by atoms with E-state index < -0.39 is 0 Å². The summed E-state index contributed by atoms with van der Waals surface area (Å²) in [5.74, 6) is -0.621. The number of anilines is 1. The molecule has 2 aromatic carbocycles. The summed E-state index contributed by atoms with van der Waals surface area (Å²) in [6.07, 6.45) is 4.76. The number of carbonyl (C=O) groups excluding carboxylic acids is 2. The maximum absolute atomic E-state index is 12.8. The lowest BCUT2D eigenvalue weighted by atomic mass is 10.0. The Morgan fingerprint density at radius 1 is 0.903 bits per heavy atom. The van der Waals surface area contributed by atoms with E-state index in [-0.39, 0.29) is 18.4 Å². The molecule has 1 aliphatic heterocycles. The highest BCUT2D eigenvalue weighted by molar-refractivity contribution is 5.96. The van der Waals surface area contributed by atoms with Crippen LogP contribution >= 0.6 is 0 Å². The van der Waals surface area contributed by atoms with Crippen molar-refractivity contribution in [3.8, 4) is 5.69 Å². The monoisotopic (exact) mass is 415 g/mol. The fraction of sp³-hybridized carbons (Fsp3) is 0.292. The summed E-state index contributed by atoms with van der Waals surface area (Å²) in [5, 5.41) is 4.57. The zero-order chi connectivity index (χ0) is 21.2. The molecule has 2 heterocycles. The van der Waals surface area contributed by atoms with Crippen molar-refractivity contribution < 1.29 is 9.59 Å². The van der Waals surface area contributed by atoms with Gasteiger partial charge in [0.2, 0.25) is 0 Å². The Morgan fingerprint density at radius 3 is 2.58 bits per heavy atom. The molecule has 0 atom stereocenters. The molecule has 2 amide bonds. The Bertz CT molecular complexity index is 1120. The maximum Gasteiger partial charge on any atom is 0.290 e. The predicted molar refractivity (Wildman–Crippen MR) is 118 cm³/mol. The van der Waals surface area contributed by atoms with E-state index in [0.717, 1.165) is 61.3 Å². The van der Waals surface area contributed by atoms with Crippen molar-refractivity contribution in [1.29, 1.82) is 0 Å². The van der Waals surface area contributed by atoms with Crippen molar-refractivity contribution in [2.24, 2.45) is 0 Å². The van der Waals surface area contributed by atoms with Gasteiger partial charge in [-0.25, -0.2) is 4.68 Å². The summed E-state index contributed by atoms with van der Waals surface area (Å²) < 4.78 is 1.85. The van der Waals surface area contributed by atoms with Crippen LogP contribution in [-0.4, -0.2) is 34.7 Å². The van der Waals surface area contributed by atoms with E-state index in [1.807, 2.05) is 53.2 Å². The molecular weight excluding hydrogens is 390 g/mol. The van der Waals surface area contributed by atoms with E-state index in [2.05, 4.69) is 26.9 Å². The van der Waals surface area contributed by atoms with E-state index in [0.29, 0.717) is 5.69 Å². The van der Waals surface area contributed by atoms with Crippen LogP contribution in [0.4, 0.5) is 5.69 Å². The second-order valence-corrected chi connectivity index (χ2v) is 8.03. The highest BCUT2D eigenvalue weighted by Gasteiger charge is 2.27. The summed E-state index contributed by atoms with van der Waals surface area (Å²) in [6, 6.07) is 18.0. The van der Waals surface area contributed by atoms with Crippen molar-refractivity contribution >= 4 is 17.5 Å². The van der Waals surface area contributed by atoms with Gasteiger partial charge in [-0.15, -0.1) is 0 Å². The molecule has 0 spiro atoms. The van der Waals surface area contributed by atoms with Crippen LogP contribution in [0.2, 0.25) is 0 Å². The molecule has 7 nitrogen and oxygen atoms in total. The molecule has 3 aromatic rings. The van der Waals surface area contributed by atoms with Crippen molar-refractivity contribution in [1.82, 2.24) is 20.6 Å². The molecule has 0 saturated carbocycles. The first-order valence-electron chi connectivity index (χ1n) is 10.8. The van der Waals surface area contributed by atoms with Gasteiger partial charge in [-0.2, -0.15) is 5.10 Å². The molecule has 0 unspecified atom stereocenters. The number of hydrazine groups is 1. The lowest BCUT2D eigenvalue weighted by Crippen LogP contribution is -2.47. The number of hydrogen-bond donors (Lipinski definition) is 2. The number of aryl methyl sites for hydroxylation is 1. The highest BCUT2D eigenvalue weighted by atomic mass is 16.2. The highest BCUT2D eigenvalue weighted by Crippen LogP contribution is 2.28. The molecule has 0 radical (unpaired) electrons. The molecule has 0 saturated heterocycles. The first-order valence-corrected chi connectivity index (χ1v) is 10.8. The largest absolute Gasteiger partial charge is 0.362 e. The first-order chi connectivity index (χ1) is 15.2. The Hall–Kier alpha value is -3.61. The third kappa shape index (κ3) is 3.79. The third-order valence-corrected chi connectivity index (χ3v) is 6.00. The number of hydrogen-bond acceptors (Lipinski definition) is 4. The number of rotatable bonds is 4. The van der Waals surface area contributed by atoms with Gasteiger partial charge in [0, 0.05) is 23.5 Å². The Morgan fingerprint density at radius 2 is 1.71 bits per heavy atom. The second kappa shape index (κ2) is 8.26. The van der Waals surface area contributed by atoms with Gasteiger partial charge in [-0.3, -0.25) is 20.4 Å². The van der Waals surface area contributed by atoms with Crippen LogP contribution in [0.15, 0.2) is 54.6 Å². The number of para-hydroxylation sites is 2. The Balaban J connectivity index is 1.26. The molecule has 7 heteroatoms. The van der Waals surface area contributed by atoms with Crippen LogP contribution < -0.4 is 15.8 Å². The van der Waals surface area contributed by atoms with Gasteiger partial charge in [0.25, 0.3) is 11.8 Å². The van der Waals surface area contributed by atoms with Gasteiger partial charge in [-0.1, -0.05) is 36.4 Å². The summed E-state index contributed by atoms with van der Waals surface area (Å²) in [6.45, 7) is 1.03. The topological polar surface area (TPSA) is 79.3 Å². The van der Waals surface area contributed by atoms with Crippen molar-refractivity contribution in [2.45, 2.75) is 32.1 Å². The molecule has 2 aliphatic rings. The van der Waals surface area contributed by atoms with Crippen LogP contribution in [0.5, 0.6) is 0 Å². The molecule has 2 N–H and O–H groups in total. The van der Waals surface area contributed by atoms with Gasteiger partial charge in [0.15, 0.2) is 5.69 Å². The number of nitrogens with zero attached hydrogens (tertiary/aromatic N) is 3. The van der Waals surface area contributed by atoms with Crippen molar-refractivity contribution in [3.05, 3.63) is 77.1 Å². The minimum absolute atomic E-state index is 0.202. The fourth-order valence-electron chi connectivity index (χ4n) is 4.58. The number of amides is 2. The number of aromatic nitrogens is 2. The van der Waals surface area contributed by atoms with Crippen LogP contribution in [0, 0.1) is 0 Å². The normalized spacial score (nSPS) is 14.6. The molecule has 1 aromatic heterocycles. The number of nitrogens with one attached hydrogen (secondary N) is 2. The molecule has 1 aliphatic carbocycles. The lowest BCUT2D eigenvalue weighted by molar-refractivity contribution is -0.120. The summed E-state index contributed by atoms with van der Waals surface area (Å²) in [7, 11) is 0. The minimum atomic E-state index is -0.375. The molecule has 0 fully saturated rings. The van der Waals surface area contributed by atoms with Crippen LogP contribution in [0.1, 0.15) is 40.2 Å². The lowest BCUT2D eigenvalue weighted by Gasteiger charge is -2.30. The quantitative estimate of drug-likeness (QED) is 0.642. The molecule has 158 valence electrons. The summed E-state index contributed by atoms with van der Waals surface area (Å²) in [4.78, 5) is 27.4. The van der Waals surface area contributed by atoms with Gasteiger partial charge >= 0.3 is 0 Å². The van der Waals surface area contributed by atoms with E-state index in [9.17, 15) is 9.59 Å². The minimum Gasteiger partial charge on any atom is -0.362 e. The van der Waals surface area contributed by atoms with Gasteiger partial charge in [0.05, 0.1) is 12.2 Å². The zero-order valence-electron chi connectivity index (χ0n) is 17.3. The molecule has 5 rings (SSSR count). The van der Waals surface area contributed by atoms with Crippen LogP contribution in [0.25, 0.3) is 5.69 Å². The van der Waals surface area contributed by atoms with E-state index in [4.69, 9.17) is 0 Å². The summed E-state index contributed by atoms with van der Waals surface area (Å²) >= 11 is 0. The molecule has 31 heavy (non-hydrogen) atoms. The molecule has 0 bridgehead atoms. The first kappa shape index (κ1) is 19.4. The average Bonchev–Trinajstić information content (AvgIpc) is 3.41. The van der Waals surface area contributed by atoms with Crippen molar-refractivity contribution in [2.75, 3.05) is 18.0 Å². The van der Waals surface area contributed by atoms with Gasteiger partial charge in [-0.05, 0) is 55.9 Å². The zero-order valence-corrected chi connectivity index (χ0v) is 17.3. The standard InChI is InChI=1S/C24H25N5O2/c30-22(16-28-15-7-9-17-8-4-5-13-20(17)28)25-26-24(31)23-19-12-6-14-21(19)29(27-23)18-10-2-1-3-11-18/h1-5,8,10-11,13H,6-7,9,12,14-16H2,(H,25,30)(H,26,31). The fourth-order valence-corrected chi connectivity index (χ4v) is 4.58. The Kier molecular flexibility index (Phi) is 5.16. The van der Waals surface area contributed by atoms with E-state index >= 15 is 0 Å². The average molecular weight is 415 g/mol. The molecular formula is C24H25N5O2. The number of carbonyl (C=O) groups is 2. The van der Waals surface area contributed by atoms with E-state index in [1.165, 1.54) is 5.56 Å². The SMILES string of the molecule is O=C(CN1CCCc2ccccc21)NNC(=O)c1nn(-c2ccccc2)c2c1CCC2. The number of fused-ring (bicyclic) bond motifs is 2. The number of benzene rings is 2. The second-order valence-electron chi connectivity index (χ2n) is 8.03. The summed E-state index contributed by atoms with van der Waals surface area (Å²) in [5.41, 5.74) is 10.9. The van der Waals surface area contributed by atoms with Crippen LogP contribution in [0.3, 0.4) is 0 Å². The Labute approximate surface area is 181 Å². The smallest absolute Gasteiger partial charge is 0.290 e. The van der Waals surface area contributed by atoms with Crippen LogP contribution in [-0.2, 0) is 24.1 Å². The maximum atomic E-state index is 12.8. The van der Waals surface area contributed by atoms with Crippen molar-refractivity contribution in [3.63, 3.8) is 0 Å². The third-order valence-electron chi connectivity index (χ3n) is 6.00.